The molecule has 0 radical (unpaired) electrons. The Morgan fingerprint density at radius 1 is 1.43 bits per heavy atom. The highest BCUT2D eigenvalue weighted by molar-refractivity contribution is 7.99. The van der Waals surface area contributed by atoms with E-state index in [1.807, 2.05) is 6.07 Å². The van der Waals surface area contributed by atoms with Crippen LogP contribution in [0, 0.1) is 0 Å². The fraction of sp³-hybridized carbons (Fsp3) is 0.273. The molecule has 1 N–H and O–H groups in total. The number of phenols is 1. The van der Waals surface area contributed by atoms with E-state index in [-0.39, 0.29) is 0 Å². The highest BCUT2D eigenvalue weighted by Crippen LogP contribution is 2.38. The fourth-order valence-corrected chi connectivity index (χ4v) is 3.37. The van der Waals surface area contributed by atoms with Crippen LogP contribution in [0.4, 0.5) is 0 Å². The number of hydrogen-bond donors (Lipinski definition) is 1. The second-order valence-corrected chi connectivity index (χ2v) is 5.08. The lowest BCUT2D eigenvalue weighted by atomic mass is 10.2. The molecule has 1 heterocycles. The molecule has 1 nitrogen and oxygen atoms in total. The summed E-state index contributed by atoms with van der Waals surface area (Å²) in [5.41, 5.74) is 0. The first-order valence-electron chi connectivity index (χ1n) is 4.54. The third kappa shape index (κ3) is 1.51. The summed E-state index contributed by atoms with van der Waals surface area (Å²) in [4.78, 5) is 2.58. The van der Waals surface area contributed by atoms with Gasteiger partial charge in [0.2, 0.25) is 0 Å². The maximum atomic E-state index is 9.70. The van der Waals surface area contributed by atoms with E-state index in [0.717, 1.165) is 11.8 Å². The van der Waals surface area contributed by atoms with Crippen LogP contribution in [0.5, 0.6) is 5.75 Å². The molecule has 0 aliphatic rings. The van der Waals surface area contributed by atoms with Crippen molar-refractivity contribution >= 4 is 33.2 Å². The monoisotopic (exact) mass is 224 g/mol. The van der Waals surface area contributed by atoms with Gasteiger partial charge in [-0.05, 0) is 30.9 Å². The van der Waals surface area contributed by atoms with Gasteiger partial charge in [0.15, 0.2) is 0 Å². The molecule has 0 saturated heterocycles. The molecule has 2 rings (SSSR count). The molecule has 1 aromatic carbocycles. The van der Waals surface area contributed by atoms with Crippen LogP contribution in [0.1, 0.15) is 11.8 Å². The Kier molecular flexibility index (Phi) is 2.70. The predicted molar refractivity (Wildman–Crippen MR) is 64.6 cm³/mol. The van der Waals surface area contributed by atoms with Crippen LogP contribution in [0.2, 0.25) is 0 Å². The molecule has 0 saturated carbocycles. The lowest BCUT2D eigenvalue weighted by Gasteiger charge is -1.99. The number of aromatic hydroxyl groups is 1. The van der Waals surface area contributed by atoms with Crippen molar-refractivity contribution in [1.82, 2.24) is 0 Å². The summed E-state index contributed by atoms with van der Waals surface area (Å²) in [5.74, 6) is 0.397. The van der Waals surface area contributed by atoms with Gasteiger partial charge in [0, 0.05) is 15.2 Å². The number of phenolic OH excluding ortho intramolecular Hbond substituents is 1. The minimum Gasteiger partial charge on any atom is -0.507 e. The first-order valence-corrected chi connectivity index (χ1v) is 6.58. The molecule has 0 fully saturated rings. The third-order valence-corrected chi connectivity index (χ3v) is 4.47. The Bertz CT molecular complexity index is 460. The van der Waals surface area contributed by atoms with Crippen LogP contribution >= 0.6 is 23.1 Å². The summed E-state index contributed by atoms with van der Waals surface area (Å²) < 4.78 is 1.22. The molecule has 0 aliphatic carbocycles. The number of fused-ring (bicyclic) bond motifs is 1. The number of aryl methyl sites for hydroxylation is 1. The number of hydrogen-bond acceptors (Lipinski definition) is 3. The van der Waals surface area contributed by atoms with Crippen molar-refractivity contribution in [2.24, 2.45) is 0 Å². The second-order valence-electron chi connectivity index (χ2n) is 3.10. The van der Waals surface area contributed by atoms with E-state index >= 15 is 0 Å². The van der Waals surface area contributed by atoms with Crippen LogP contribution in [0.25, 0.3) is 10.1 Å². The SMILES string of the molecule is CCc1cc2c(O)ccc(SC)c2s1. The zero-order valence-corrected chi connectivity index (χ0v) is 9.84. The summed E-state index contributed by atoms with van der Waals surface area (Å²) in [7, 11) is 0. The zero-order valence-electron chi connectivity index (χ0n) is 8.20. The van der Waals surface area contributed by atoms with Gasteiger partial charge in [-0.2, -0.15) is 0 Å². The van der Waals surface area contributed by atoms with Gasteiger partial charge in [-0.25, -0.2) is 0 Å². The molecule has 0 unspecified atom stereocenters. The first-order chi connectivity index (χ1) is 6.76. The molecule has 0 atom stereocenters. The first kappa shape index (κ1) is 9.87. The van der Waals surface area contributed by atoms with E-state index in [4.69, 9.17) is 0 Å². The maximum absolute atomic E-state index is 9.70. The summed E-state index contributed by atoms with van der Waals surface area (Å²) in [6, 6.07) is 5.85. The summed E-state index contributed by atoms with van der Waals surface area (Å²) >= 11 is 3.51. The Hall–Kier alpha value is -0.670. The zero-order chi connectivity index (χ0) is 10.1. The highest BCUT2D eigenvalue weighted by atomic mass is 32.2. The Morgan fingerprint density at radius 2 is 2.21 bits per heavy atom. The summed E-state index contributed by atoms with van der Waals surface area (Å²) in [6.45, 7) is 2.14. The van der Waals surface area contributed by atoms with E-state index < -0.39 is 0 Å². The van der Waals surface area contributed by atoms with Gasteiger partial charge in [0.05, 0.1) is 4.70 Å². The molecule has 3 heteroatoms. The number of rotatable bonds is 2. The summed E-state index contributed by atoms with van der Waals surface area (Å²) in [5, 5.41) is 10.7. The molecule has 0 amide bonds. The quantitative estimate of drug-likeness (QED) is 0.781. The Balaban J connectivity index is 2.74. The van der Waals surface area contributed by atoms with E-state index in [2.05, 4.69) is 19.2 Å². The van der Waals surface area contributed by atoms with Crippen molar-refractivity contribution in [3.63, 3.8) is 0 Å². The molecule has 0 bridgehead atoms. The average Bonchev–Trinajstić information content (AvgIpc) is 2.63. The van der Waals surface area contributed by atoms with Crippen molar-refractivity contribution in [2.45, 2.75) is 18.2 Å². The van der Waals surface area contributed by atoms with E-state index in [1.54, 1.807) is 29.2 Å². The molecule has 0 spiro atoms. The van der Waals surface area contributed by atoms with Crippen LogP contribution in [-0.2, 0) is 6.42 Å². The van der Waals surface area contributed by atoms with Gasteiger partial charge in [-0.15, -0.1) is 23.1 Å². The van der Waals surface area contributed by atoms with Crippen molar-refractivity contribution in [1.29, 1.82) is 0 Å². The van der Waals surface area contributed by atoms with Crippen LogP contribution in [-0.4, -0.2) is 11.4 Å². The normalized spacial score (nSPS) is 11.0. The number of thioether (sulfide) groups is 1. The number of benzene rings is 1. The molecule has 2 aromatic rings. The molecular weight excluding hydrogens is 212 g/mol. The predicted octanol–water partition coefficient (Wildman–Crippen LogP) is 3.89. The van der Waals surface area contributed by atoms with Gasteiger partial charge >= 0.3 is 0 Å². The van der Waals surface area contributed by atoms with Crippen LogP contribution in [0.3, 0.4) is 0 Å². The van der Waals surface area contributed by atoms with E-state index in [0.29, 0.717) is 5.75 Å². The van der Waals surface area contributed by atoms with E-state index in [1.165, 1.54) is 14.5 Å². The molecule has 0 aliphatic heterocycles. The Morgan fingerprint density at radius 3 is 2.86 bits per heavy atom. The van der Waals surface area contributed by atoms with Crippen LogP contribution < -0.4 is 0 Å². The fourth-order valence-electron chi connectivity index (χ4n) is 1.47. The van der Waals surface area contributed by atoms with Crippen molar-refractivity contribution < 1.29 is 5.11 Å². The van der Waals surface area contributed by atoms with Gasteiger partial charge in [0.25, 0.3) is 0 Å². The highest BCUT2D eigenvalue weighted by Gasteiger charge is 2.08. The van der Waals surface area contributed by atoms with Crippen molar-refractivity contribution in [3.05, 3.63) is 23.1 Å². The van der Waals surface area contributed by atoms with Crippen LogP contribution in [0.15, 0.2) is 23.1 Å². The lowest BCUT2D eigenvalue weighted by molar-refractivity contribution is 0.481. The standard InChI is InChI=1S/C11H12OS2/c1-3-7-6-8-9(12)4-5-10(13-2)11(8)14-7/h4-6,12H,3H2,1-2H3. The van der Waals surface area contributed by atoms with Crippen molar-refractivity contribution in [3.8, 4) is 5.75 Å². The number of thiophene rings is 1. The van der Waals surface area contributed by atoms with Crippen molar-refractivity contribution in [2.75, 3.05) is 6.26 Å². The second kappa shape index (κ2) is 3.83. The minimum absolute atomic E-state index is 0.397. The smallest absolute Gasteiger partial charge is 0.124 e. The van der Waals surface area contributed by atoms with Gasteiger partial charge < -0.3 is 5.11 Å². The largest absolute Gasteiger partial charge is 0.507 e. The molecular formula is C11H12OS2. The summed E-state index contributed by atoms with van der Waals surface area (Å²) in [6.07, 6.45) is 3.10. The maximum Gasteiger partial charge on any atom is 0.124 e. The third-order valence-electron chi connectivity index (χ3n) is 2.24. The minimum atomic E-state index is 0.397. The van der Waals surface area contributed by atoms with E-state index in [9.17, 15) is 5.11 Å². The van der Waals surface area contributed by atoms with Gasteiger partial charge in [0.1, 0.15) is 5.75 Å². The van der Waals surface area contributed by atoms with Gasteiger partial charge in [-0.1, -0.05) is 6.92 Å². The average molecular weight is 224 g/mol. The lowest BCUT2D eigenvalue weighted by Crippen LogP contribution is -1.71. The molecule has 14 heavy (non-hydrogen) atoms. The topological polar surface area (TPSA) is 20.2 Å². The molecule has 74 valence electrons. The Labute approximate surface area is 91.8 Å². The molecule has 1 aromatic heterocycles. The van der Waals surface area contributed by atoms with Gasteiger partial charge in [-0.3, -0.25) is 0 Å².